The minimum Gasteiger partial charge on any atom is -0.236 e. The third kappa shape index (κ3) is 4.93. The molecule has 0 radical (unpaired) electrons. The molecule has 12 rings (SSSR count). The van der Waals surface area contributed by atoms with Crippen molar-refractivity contribution in [1.29, 1.82) is 0 Å². The van der Waals surface area contributed by atoms with Crippen LogP contribution in [0.2, 0.25) is 0 Å². The van der Waals surface area contributed by atoms with Gasteiger partial charge in [0.15, 0.2) is 0 Å². The maximum Gasteiger partial charge on any atom is 0.124 e. The van der Waals surface area contributed by atoms with E-state index in [1.807, 2.05) is 0 Å². The predicted octanol–water partition coefficient (Wildman–Crippen LogP) is 15.3. The van der Waals surface area contributed by atoms with Gasteiger partial charge in [0.05, 0.1) is 20.4 Å². The highest BCUT2D eigenvalue weighted by atomic mass is 32.1. The van der Waals surface area contributed by atoms with Crippen LogP contribution in [0.15, 0.2) is 182 Å². The molecule has 0 spiro atoms. The molecule has 0 unspecified atom stereocenters. The van der Waals surface area contributed by atoms with Gasteiger partial charge in [-0.2, -0.15) is 0 Å². The molecule has 0 fully saturated rings. The van der Waals surface area contributed by atoms with E-state index in [4.69, 9.17) is 9.97 Å². The first-order chi connectivity index (χ1) is 27.7. The molecule has 0 amide bonds. The van der Waals surface area contributed by atoms with Gasteiger partial charge in [0.25, 0.3) is 0 Å². The third-order valence-electron chi connectivity index (χ3n) is 11.3. The van der Waals surface area contributed by atoms with Gasteiger partial charge in [0, 0.05) is 21.9 Å². The summed E-state index contributed by atoms with van der Waals surface area (Å²) in [5.41, 5.74) is 9.27. The van der Waals surface area contributed by atoms with E-state index in [2.05, 4.69) is 182 Å². The number of fused-ring (bicyclic) bond motifs is 9. The lowest BCUT2D eigenvalue weighted by Crippen LogP contribution is -1.92. The van der Waals surface area contributed by atoms with Crippen LogP contribution in [0.1, 0.15) is 0 Å². The Labute approximate surface area is 330 Å². The normalized spacial score (nSPS) is 11.9. The van der Waals surface area contributed by atoms with Crippen molar-refractivity contribution >= 4 is 97.0 Å². The first kappa shape index (κ1) is 31.6. The van der Waals surface area contributed by atoms with Crippen molar-refractivity contribution < 1.29 is 0 Å². The monoisotopic (exact) mass is 746 g/mol. The van der Waals surface area contributed by atoms with Crippen molar-refractivity contribution in [1.82, 2.24) is 9.97 Å². The molecule has 0 saturated carbocycles. The number of rotatable bonds is 4. The van der Waals surface area contributed by atoms with E-state index >= 15 is 0 Å². The van der Waals surface area contributed by atoms with Crippen molar-refractivity contribution in [2.24, 2.45) is 0 Å². The van der Waals surface area contributed by atoms with E-state index in [9.17, 15) is 0 Å². The van der Waals surface area contributed by atoms with Gasteiger partial charge in [-0.3, -0.25) is 0 Å². The zero-order valence-corrected chi connectivity index (χ0v) is 31.7. The smallest absolute Gasteiger partial charge is 0.124 e. The molecule has 0 aliphatic rings. The first-order valence-electron chi connectivity index (χ1n) is 18.9. The Bertz CT molecular complexity index is 3290. The van der Waals surface area contributed by atoms with Crippen molar-refractivity contribution in [2.45, 2.75) is 0 Å². The summed E-state index contributed by atoms with van der Waals surface area (Å²) in [7, 11) is 0. The van der Waals surface area contributed by atoms with E-state index < -0.39 is 0 Å². The topological polar surface area (TPSA) is 25.8 Å². The quantitative estimate of drug-likeness (QED) is 0.168. The Hall–Kier alpha value is -6.72. The highest BCUT2D eigenvalue weighted by Crippen LogP contribution is 2.46. The zero-order chi connectivity index (χ0) is 36.7. The summed E-state index contributed by atoms with van der Waals surface area (Å²) in [4.78, 5) is 10.2. The Morgan fingerprint density at radius 2 is 0.643 bits per heavy atom. The molecule has 0 aliphatic heterocycles. The molecule has 0 bridgehead atoms. The summed E-state index contributed by atoms with van der Waals surface area (Å²) >= 11 is 3.55. The maximum absolute atomic E-state index is 5.08. The Morgan fingerprint density at radius 1 is 0.286 bits per heavy atom. The fourth-order valence-electron chi connectivity index (χ4n) is 8.60. The Kier molecular flexibility index (Phi) is 7.00. The average molecular weight is 747 g/mol. The van der Waals surface area contributed by atoms with Crippen molar-refractivity contribution in [3.63, 3.8) is 0 Å². The molecule has 4 heteroatoms. The number of aromatic nitrogens is 2. The lowest BCUT2D eigenvalue weighted by molar-refractivity contribution is 1.48. The van der Waals surface area contributed by atoms with E-state index in [1.54, 1.807) is 22.7 Å². The highest BCUT2D eigenvalue weighted by molar-refractivity contribution is 7.23. The van der Waals surface area contributed by atoms with Crippen LogP contribution in [-0.2, 0) is 0 Å². The van der Waals surface area contributed by atoms with Gasteiger partial charge >= 0.3 is 0 Å². The van der Waals surface area contributed by atoms with Gasteiger partial charge in [0.1, 0.15) is 10.0 Å². The summed E-state index contributed by atoms with van der Waals surface area (Å²) in [6.07, 6.45) is 0. The summed E-state index contributed by atoms with van der Waals surface area (Å²) in [6, 6.07) is 66.3. The van der Waals surface area contributed by atoms with E-state index in [0.29, 0.717) is 0 Å². The number of hydrogen-bond acceptors (Lipinski definition) is 4. The molecule has 12 aromatic rings. The Morgan fingerprint density at radius 3 is 1.07 bits per heavy atom. The van der Waals surface area contributed by atoms with Crippen LogP contribution in [0.25, 0.3) is 118 Å². The molecule has 260 valence electrons. The third-order valence-corrected chi connectivity index (χ3v) is 13.6. The van der Waals surface area contributed by atoms with E-state index in [0.717, 1.165) is 32.2 Å². The molecule has 56 heavy (non-hydrogen) atoms. The lowest BCUT2D eigenvalue weighted by Gasteiger charge is -2.19. The van der Waals surface area contributed by atoms with E-state index in [1.165, 1.54) is 85.5 Å². The fraction of sp³-hybridized carbons (Fsp3) is 0. The number of hydrogen-bond donors (Lipinski definition) is 0. The molecule has 0 N–H and O–H groups in total. The number of thiazole rings is 2. The van der Waals surface area contributed by atoms with Gasteiger partial charge in [-0.25, -0.2) is 9.97 Å². The SMILES string of the molecule is c1ccc2cc3c(-c4ccc(-c5nc6ccc7ccccc7c6s5)cc4)c4ccccc4c(-c4ccc(-c5nc6ccc7ccccc7c6s5)cc4)c3cc2c1. The van der Waals surface area contributed by atoms with Crippen LogP contribution < -0.4 is 0 Å². The van der Waals surface area contributed by atoms with Crippen LogP contribution in [0.3, 0.4) is 0 Å². The summed E-state index contributed by atoms with van der Waals surface area (Å²) in [5.74, 6) is 0. The molecule has 2 aromatic heterocycles. The highest BCUT2D eigenvalue weighted by Gasteiger charge is 2.19. The largest absolute Gasteiger partial charge is 0.236 e. The van der Waals surface area contributed by atoms with E-state index in [-0.39, 0.29) is 0 Å². The minimum absolute atomic E-state index is 1.04. The second-order valence-electron chi connectivity index (χ2n) is 14.5. The molecule has 0 atom stereocenters. The molecule has 0 saturated heterocycles. The van der Waals surface area contributed by atoms with Crippen LogP contribution >= 0.6 is 22.7 Å². The summed E-state index contributed by atoms with van der Waals surface area (Å²) in [5, 5.41) is 14.6. The molecule has 10 aromatic carbocycles. The van der Waals surface area contributed by atoms with Gasteiger partial charge in [-0.05, 0) is 89.6 Å². The van der Waals surface area contributed by atoms with Crippen LogP contribution in [-0.4, -0.2) is 9.97 Å². The summed E-state index contributed by atoms with van der Waals surface area (Å²) in [6.45, 7) is 0. The van der Waals surface area contributed by atoms with Gasteiger partial charge < -0.3 is 0 Å². The maximum atomic E-state index is 5.08. The average Bonchev–Trinajstić information content (AvgIpc) is 3.91. The predicted molar refractivity (Wildman–Crippen MR) is 242 cm³/mol. The molecular formula is C52H30N2S2. The van der Waals surface area contributed by atoms with Gasteiger partial charge in [0.2, 0.25) is 0 Å². The van der Waals surface area contributed by atoms with Crippen LogP contribution in [0.5, 0.6) is 0 Å². The van der Waals surface area contributed by atoms with Gasteiger partial charge in [-0.1, -0.05) is 158 Å². The molecule has 2 heterocycles. The van der Waals surface area contributed by atoms with Crippen LogP contribution in [0, 0.1) is 0 Å². The molecule has 2 nitrogen and oxygen atoms in total. The van der Waals surface area contributed by atoms with Gasteiger partial charge in [-0.15, -0.1) is 22.7 Å². The Balaban J connectivity index is 1.01. The van der Waals surface area contributed by atoms with Crippen molar-refractivity contribution in [3.8, 4) is 43.4 Å². The molecule has 0 aliphatic carbocycles. The fourth-order valence-corrected chi connectivity index (χ4v) is 10.8. The van der Waals surface area contributed by atoms with Crippen LogP contribution in [0.4, 0.5) is 0 Å². The second-order valence-corrected chi connectivity index (χ2v) is 16.5. The number of nitrogens with zero attached hydrogens (tertiary/aromatic N) is 2. The zero-order valence-electron chi connectivity index (χ0n) is 30.0. The first-order valence-corrected chi connectivity index (χ1v) is 20.5. The lowest BCUT2D eigenvalue weighted by atomic mass is 9.84. The summed E-state index contributed by atoms with van der Waals surface area (Å²) < 4.78 is 2.48. The standard InChI is InChI=1S/C52H30N2S2/c1-2-12-38-30-44-43(29-37(38)11-1)47(33-17-21-35(22-18-33)51-53-45-27-25-31-9-3-5-13-39(31)49(45)55-51)41-15-7-8-16-42(41)48(44)34-19-23-36(24-20-34)52-54-46-28-26-32-10-4-6-14-40(32)50(46)56-52/h1-30H. The van der Waals surface area contributed by atoms with Crippen molar-refractivity contribution in [3.05, 3.63) is 182 Å². The molecular weight excluding hydrogens is 717 g/mol. The minimum atomic E-state index is 1.04. The number of benzene rings is 10. The van der Waals surface area contributed by atoms with Crippen molar-refractivity contribution in [2.75, 3.05) is 0 Å². The second kappa shape index (κ2) is 12.4.